The Hall–Kier alpha value is -2.30. The van der Waals surface area contributed by atoms with Gasteiger partial charge >= 0.3 is 0 Å². The second-order valence-electron chi connectivity index (χ2n) is 8.09. The van der Waals surface area contributed by atoms with E-state index in [4.69, 9.17) is 0 Å². The van der Waals surface area contributed by atoms with Crippen LogP contribution in [0.4, 0.5) is 0 Å². The third-order valence-corrected chi connectivity index (χ3v) is 6.06. The van der Waals surface area contributed by atoms with Gasteiger partial charge in [0.15, 0.2) is 0 Å². The number of aryl methyl sites for hydroxylation is 1. The molecule has 0 bridgehead atoms. The summed E-state index contributed by atoms with van der Waals surface area (Å²) in [5, 5.41) is 1.24. The second kappa shape index (κ2) is 7.75. The van der Waals surface area contributed by atoms with E-state index >= 15 is 0 Å². The molecule has 0 unspecified atom stereocenters. The highest BCUT2D eigenvalue weighted by Gasteiger charge is 2.36. The molecule has 2 aliphatic rings. The zero-order valence-electron chi connectivity index (χ0n) is 16.2. The van der Waals surface area contributed by atoms with Gasteiger partial charge in [-0.2, -0.15) is 0 Å². The summed E-state index contributed by atoms with van der Waals surface area (Å²) in [6.45, 7) is 5.08. The van der Waals surface area contributed by atoms with E-state index in [1.807, 2.05) is 16.0 Å². The number of rotatable bonds is 4. The number of carbonyl (C=O) groups is 2. The highest BCUT2D eigenvalue weighted by molar-refractivity contribution is 5.89. The number of likely N-dealkylation sites (tertiary alicyclic amines) is 2. The van der Waals surface area contributed by atoms with Crippen LogP contribution in [-0.2, 0) is 16.0 Å². The van der Waals surface area contributed by atoms with Gasteiger partial charge in [-0.1, -0.05) is 24.5 Å². The molecule has 0 radical (unpaired) electrons. The molecule has 2 fully saturated rings. The van der Waals surface area contributed by atoms with Crippen molar-refractivity contribution in [2.45, 2.75) is 45.4 Å². The molecule has 2 saturated heterocycles. The Balaban J connectivity index is 1.37. The number of amides is 2. The minimum Gasteiger partial charge on any atom is -0.361 e. The van der Waals surface area contributed by atoms with E-state index in [0.717, 1.165) is 37.9 Å². The van der Waals surface area contributed by atoms with Crippen molar-refractivity contribution in [3.05, 3.63) is 35.5 Å². The molecular formula is C22H29N3O2. The first-order valence-corrected chi connectivity index (χ1v) is 10.2. The topological polar surface area (TPSA) is 56.4 Å². The van der Waals surface area contributed by atoms with E-state index in [-0.39, 0.29) is 17.7 Å². The summed E-state index contributed by atoms with van der Waals surface area (Å²) in [5.74, 6) is 0.162. The van der Waals surface area contributed by atoms with Crippen LogP contribution in [-0.4, -0.2) is 52.8 Å². The Bertz CT molecular complexity index is 833. The number of carbonyl (C=O) groups excluding carboxylic acids is 2. The summed E-state index contributed by atoms with van der Waals surface area (Å²) in [5.41, 5.74) is 3.62. The van der Waals surface area contributed by atoms with Crippen LogP contribution in [0.15, 0.2) is 24.4 Å². The zero-order valence-corrected chi connectivity index (χ0v) is 16.2. The van der Waals surface area contributed by atoms with Gasteiger partial charge in [-0.15, -0.1) is 0 Å². The first-order chi connectivity index (χ1) is 13.1. The van der Waals surface area contributed by atoms with Crippen LogP contribution in [0.25, 0.3) is 10.9 Å². The van der Waals surface area contributed by atoms with Crippen LogP contribution in [0.3, 0.4) is 0 Å². The summed E-state index contributed by atoms with van der Waals surface area (Å²) < 4.78 is 0. The van der Waals surface area contributed by atoms with Gasteiger partial charge in [-0.3, -0.25) is 9.59 Å². The minimum absolute atomic E-state index is 0.124. The first-order valence-electron chi connectivity index (χ1n) is 10.2. The van der Waals surface area contributed by atoms with Crippen molar-refractivity contribution < 1.29 is 9.59 Å². The predicted octanol–water partition coefficient (Wildman–Crippen LogP) is 3.27. The van der Waals surface area contributed by atoms with Crippen molar-refractivity contribution >= 4 is 22.7 Å². The van der Waals surface area contributed by atoms with E-state index in [0.29, 0.717) is 19.5 Å². The van der Waals surface area contributed by atoms with Crippen molar-refractivity contribution in [1.82, 2.24) is 14.8 Å². The van der Waals surface area contributed by atoms with Gasteiger partial charge in [0.2, 0.25) is 11.8 Å². The molecule has 144 valence electrons. The first kappa shape index (κ1) is 18.1. The van der Waals surface area contributed by atoms with Crippen LogP contribution in [0, 0.1) is 12.8 Å². The average Bonchev–Trinajstić information content (AvgIpc) is 3.11. The third-order valence-electron chi connectivity index (χ3n) is 6.06. The predicted molar refractivity (Wildman–Crippen MR) is 106 cm³/mol. The van der Waals surface area contributed by atoms with E-state index < -0.39 is 0 Å². The molecule has 1 atom stereocenters. The summed E-state index contributed by atoms with van der Waals surface area (Å²) in [7, 11) is 0. The lowest BCUT2D eigenvalue weighted by molar-refractivity contribution is -0.135. The molecule has 5 heteroatoms. The number of aromatic nitrogens is 1. The number of nitrogens with one attached hydrogen (secondary N) is 1. The van der Waals surface area contributed by atoms with Gasteiger partial charge in [0.25, 0.3) is 0 Å². The molecule has 5 nitrogen and oxygen atoms in total. The van der Waals surface area contributed by atoms with E-state index in [9.17, 15) is 9.59 Å². The van der Waals surface area contributed by atoms with Crippen LogP contribution in [0.5, 0.6) is 0 Å². The summed E-state index contributed by atoms with van der Waals surface area (Å²) >= 11 is 0. The van der Waals surface area contributed by atoms with Gasteiger partial charge in [-0.25, -0.2) is 0 Å². The molecule has 0 spiro atoms. The minimum atomic E-state index is -0.152. The molecule has 3 heterocycles. The van der Waals surface area contributed by atoms with Crippen molar-refractivity contribution in [3.8, 4) is 0 Å². The standard InChI is InChI=1S/C22H29N3O2/c1-16-6-7-20-19(12-16)17(14-23-20)8-11-25-15-18(13-21(25)26)22(27)24-9-4-2-3-5-10-24/h6-7,12,14,18,23H,2-5,8-11,13,15H2,1H3/t18-/m1/s1. The molecule has 2 aromatic rings. The van der Waals surface area contributed by atoms with E-state index in [1.54, 1.807) is 0 Å². The Morgan fingerprint density at radius 1 is 1.19 bits per heavy atom. The largest absolute Gasteiger partial charge is 0.361 e. The number of H-pyrrole nitrogens is 1. The number of nitrogens with zero attached hydrogens (tertiary/aromatic N) is 2. The van der Waals surface area contributed by atoms with Crippen LogP contribution in [0.1, 0.15) is 43.2 Å². The highest BCUT2D eigenvalue weighted by atomic mass is 16.2. The van der Waals surface area contributed by atoms with Crippen LogP contribution < -0.4 is 0 Å². The van der Waals surface area contributed by atoms with E-state index in [1.165, 1.54) is 29.4 Å². The third kappa shape index (κ3) is 3.87. The van der Waals surface area contributed by atoms with Crippen molar-refractivity contribution in [1.29, 1.82) is 0 Å². The van der Waals surface area contributed by atoms with Crippen LogP contribution >= 0.6 is 0 Å². The lowest BCUT2D eigenvalue weighted by Crippen LogP contribution is -2.38. The Morgan fingerprint density at radius 3 is 2.74 bits per heavy atom. The summed E-state index contributed by atoms with van der Waals surface area (Å²) in [6.07, 6.45) is 7.85. The smallest absolute Gasteiger partial charge is 0.227 e. The fourth-order valence-corrected chi connectivity index (χ4v) is 4.46. The normalized spacial score (nSPS) is 21.1. The maximum atomic E-state index is 12.8. The monoisotopic (exact) mass is 367 g/mol. The fourth-order valence-electron chi connectivity index (χ4n) is 4.46. The Morgan fingerprint density at radius 2 is 1.96 bits per heavy atom. The molecule has 1 aromatic heterocycles. The fraction of sp³-hybridized carbons (Fsp3) is 0.545. The summed E-state index contributed by atoms with van der Waals surface area (Å²) in [4.78, 5) is 32.5. The number of fused-ring (bicyclic) bond motifs is 1. The van der Waals surface area contributed by atoms with Crippen LogP contribution in [0.2, 0.25) is 0 Å². The average molecular weight is 367 g/mol. The molecule has 2 amide bonds. The Kier molecular flexibility index (Phi) is 5.19. The number of hydrogen-bond donors (Lipinski definition) is 1. The van der Waals surface area contributed by atoms with Crippen molar-refractivity contribution in [2.24, 2.45) is 5.92 Å². The highest BCUT2D eigenvalue weighted by Crippen LogP contribution is 2.24. The lowest BCUT2D eigenvalue weighted by atomic mass is 10.1. The molecule has 4 rings (SSSR count). The van der Waals surface area contributed by atoms with Gasteiger partial charge in [0.05, 0.1) is 5.92 Å². The molecule has 1 N–H and O–H groups in total. The van der Waals surface area contributed by atoms with Gasteiger partial charge in [0.1, 0.15) is 0 Å². The number of aromatic amines is 1. The molecule has 27 heavy (non-hydrogen) atoms. The molecule has 0 saturated carbocycles. The molecule has 2 aliphatic heterocycles. The van der Waals surface area contributed by atoms with E-state index in [2.05, 4.69) is 30.1 Å². The van der Waals surface area contributed by atoms with Gasteiger partial charge in [-0.05, 0) is 43.9 Å². The molecule has 1 aromatic carbocycles. The maximum Gasteiger partial charge on any atom is 0.227 e. The van der Waals surface area contributed by atoms with Crippen molar-refractivity contribution in [3.63, 3.8) is 0 Å². The zero-order chi connectivity index (χ0) is 18.8. The van der Waals surface area contributed by atoms with Crippen molar-refractivity contribution in [2.75, 3.05) is 26.2 Å². The summed E-state index contributed by atoms with van der Waals surface area (Å²) in [6, 6.07) is 6.40. The Labute approximate surface area is 160 Å². The van der Waals surface area contributed by atoms with Gasteiger partial charge in [0, 0.05) is 49.7 Å². The maximum absolute atomic E-state index is 12.8. The SMILES string of the molecule is Cc1ccc2[nH]cc(CCN3C[C@H](C(=O)N4CCCCCC4)CC3=O)c2c1. The lowest BCUT2D eigenvalue weighted by Gasteiger charge is -2.24. The quantitative estimate of drug-likeness (QED) is 0.902. The van der Waals surface area contributed by atoms with Gasteiger partial charge < -0.3 is 14.8 Å². The molecular weight excluding hydrogens is 338 g/mol. The number of hydrogen-bond acceptors (Lipinski definition) is 2. The number of benzene rings is 1. The second-order valence-corrected chi connectivity index (χ2v) is 8.09. The molecule has 0 aliphatic carbocycles.